The van der Waals surface area contributed by atoms with Crippen molar-refractivity contribution in [2.24, 2.45) is 0 Å². The summed E-state index contributed by atoms with van der Waals surface area (Å²) in [5.41, 5.74) is 0. The van der Waals surface area contributed by atoms with Crippen LogP contribution in [0.5, 0.6) is 0 Å². The van der Waals surface area contributed by atoms with Gasteiger partial charge < -0.3 is 13.3 Å². The average Bonchev–Trinajstić information content (AvgIpc) is 2.71. The zero-order valence-corrected chi connectivity index (χ0v) is 19.8. The highest BCUT2D eigenvalue weighted by atomic mass is 28.3. The van der Waals surface area contributed by atoms with Crippen LogP contribution in [0.15, 0.2) is 0 Å². The fraction of sp³-hybridized carbons (Fsp3) is 1.00. The molecule has 0 aromatic carbocycles. The summed E-state index contributed by atoms with van der Waals surface area (Å²) in [4.78, 5) is 0. The van der Waals surface area contributed by atoms with Crippen LogP contribution in [0.4, 0.5) is 74.6 Å². The molecule has 1 atom stereocenters. The van der Waals surface area contributed by atoms with Crippen LogP contribution < -0.4 is 0 Å². The smallest absolute Gasteiger partial charge is 0.376 e. The molecule has 0 bridgehead atoms. The van der Waals surface area contributed by atoms with Crippen molar-refractivity contribution >= 4 is 9.53 Å². The van der Waals surface area contributed by atoms with Crippen LogP contribution in [0.3, 0.4) is 0 Å². The zero-order valence-electron chi connectivity index (χ0n) is 18.6. The molecule has 0 aliphatic heterocycles. The zero-order chi connectivity index (χ0) is 30.1. The van der Waals surface area contributed by atoms with Crippen molar-refractivity contribution < 1.29 is 87.9 Å². The molecule has 0 fully saturated rings. The molecule has 0 aliphatic carbocycles. The van der Waals surface area contributed by atoms with Crippen molar-refractivity contribution in [3.63, 3.8) is 0 Å². The molecule has 0 aromatic rings. The van der Waals surface area contributed by atoms with Gasteiger partial charge >= 0.3 is 57.2 Å². The van der Waals surface area contributed by atoms with Crippen LogP contribution in [-0.4, -0.2) is 76.5 Å². The van der Waals surface area contributed by atoms with Gasteiger partial charge in [0.05, 0.1) is 0 Å². The fourth-order valence-electron chi connectivity index (χ4n) is 2.39. The van der Waals surface area contributed by atoms with Crippen LogP contribution in [0.25, 0.3) is 0 Å². The van der Waals surface area contributed by atoms with Gasteiger partial charge in [0.1, 0.15) is 0 Å². The summed E-state index contributed by atoms with van der Waals surface area (Å²) in [5, 5.41) is 0. The normalized spacial score (nSPS) is 16.5. The molecular formula is C16H19F17O3Si. The minimum absolute atomic E-state index is 0.0641. The summed E-state index contributed by atoms with van der Waals surface area (Å²) in [6.07, 6.45) is -13.4. The van der Waals surface area contributed by atoms with Crippen molar-refractivity contribution in [1.29, 1.82) is 0 Å². The Morgan fingerprint density at radius 1 is 0.541 bits per heavy atom. The summed E-state index contributed by atoms with van der Waals surface area (Å²) in [5.74, 6) is -56.3. The maximum absolute atomic E-state index is 13.9. The number of hydrogen-bond acceptors (Lipinski definition) is 3. The Morgan fingerprint density at radius 3 is 1.19 bits per heavy atom. The summed E-state index contributed by atoms with van der Waals surface area (Å²) >= 11 is 0. The van der Waals surface area contributed by atoms with E-state index in [-0.39, 0.29) is 13.2 Å². The predicted octanol–water partition coefficient (Wildman–Crippen LogP) is 6.97. The number of hydrogen-bond donors (Lipinski definition) is 0. The average molecular weight is 610 g/mol. The lowest BCUT2D eigenvalue weighted by Gasteiger charge is -2.43. The predicted molar refractivity (Wildman–Crippen MR) is 90.9 cm³/mol. The van der Waals surface area contributed by atoms with Gasteiger partial charge in [0.2, 0.25) is 0 Å². The van der Waals surface area contributed by atoms with E-state index in [9.17, 15) is 74.6 Å². The van der Waals surface area contributed by atoms with Gasteiger partial charge in [-0.05, 0) is 27.2 Å². The quantitative estimate of drug-likeness (QED) is 0.148. The van der Waals surface area contributed by atoms with Gasteiger partial charge in [-0.2, -0.15) is 74.6 Å². The first kappa shape index (κ1) is 35.9. The standard InChI is InChI=1S/C16H19F17O3Si/c1-4-34-37(35-5-2)36-8(3)6-7-9(17,18)10(19,20)11(21,22)12(23,24)13(25,26)14(27,28)15(29,30)16(31,32)33/h8,37H,4-7H2,1-3H3. The van der Waals surface area contributed by atoms with Gasteiger partial charge in [0, 0.05) is 25.7 Å². The minimum atomic E-state index is -8.63. The number of rotatable bonds is 15. The molecule has 0 spiro atoms. The largest absolute Gasteiger partial charge is 0.484 e. The molecule has 0 amide bonds. The Morgan fingerprint density at radius 2 is 0.865 bits per heavy atom. The Bertz CT molecular complexity index is 735. The molecule has 0 heterocycles. The summed E-state index contributed by atoms with van der Waals surface area (Å²) in [6.45, 7) is 3.55. The van der Waals surface area contributed by atoms with E-state index in [0.717, 1.165) is 6.92 Å². The summed E-state index contributed by atoms with van der Waals surface area (Å²) in [6, 6.07) is 0. The molecule has 0 rings (SSSR count). The Kier molecular flexibility index (Phi) is 10.9. The van der Waals surface area contributed by atoms with Crippen molar-refractivity contribution in [3.8, 4) is 0 Å². The van der Waals surface area contributed by atoms with Crippen LogP contribution >= 0.6 is 0 Å². The molecule has 1 unspecified atom stereocenters. The van der Waals surface area contributed by atoms with E-state index < -0.39 is 76.1 Å². The molecule has 21 heteroatoms. The lowest BCUT2D eigenvalue weighted by Crippen LogP contribution is -2.74. The van der Waals surface area contributed by atoms with Gasteiger partial charge in [-0.15, -0.1) is 0 Å². The van der Waals surface area contributed by atoms with Crippen molar-refractivity contribution in [1.82, 2.24) is 0 Å². The Hall–Kier alpha value is -1.09. The molecular weight excluding hydrogens is 591 g/mol. The molecule has 0 aliphatic rings. The van der Waals surface area contributed by atoms with Crippen LogP contribution in [0, 0.1) is 0 Å². The van der Waals surface area contributed by atoms with Crippen LogP contribution in [0.2, 0.25) is 0 Å². The number of alkyl halides is 17. The maximum atomic E-state index is 13.9. The van der Waals surface area contributed by atoms with E-state index in [0.29, 0.717) is 0 Å². The van der Waals surface area contributed by atoms with Crippen LogP contribution in [-0.2, 0) is 13.3 Å². The Labute approximate surface area is 199 Å². The molecule has 0 saturated heterocycles. The highest BCUT2D eigenvalue weighted by Crippen LogP contribution is 2.64. The fourth-order valence-corrected chi connectivity index (χ4v) is 3.71. The second-order valence-electron chi connectivity index (χ2n) is 7.33. The SMILES string of the molecule is CCO[SiH](OCC)OC(C)CCC(F)(F)C(F)(F)C(F)(F)C(F)(F)C(F)(F)C(F)(F)C(F)(F)C(F)(F)F. The first-order valence-corrected chi connectivity index (χ1v) is 11.2. The molecule has 37 heavy (non-hydrogen) atoms. The third kappa shape index (κ3) is 6.23. The Balaban J connectivity index is 6.16. The van der Waals surface area contributed by atoms with E-state index in [1.54, 1.807) is 0 Å². The van der Waals surface area contributed by atoms with Gasteiger partial charge in [-0.1, -0.05) is 0 Å². The first-order chi connectivity index (χ1) is 16.1. The van der Waals surface area contributed by atoms with E-state index in [4.69, 9.17) is 13.3 Å². The molecule has 0 radical (unpaired) electrons. The van der Waals surface area contributed by atoms with E-state index in [1.165, 1.54) is 13.8 Å². The van der Waals surface area contributed by atoms with Crippen molar-refractivity contribution in [2.75, 3.05) is 13.2 Å². The van der Waals surface area contributed by atoms with E-state index >= 15 is 0 Å². The van der Waals surface area contributed by atoms with E-state index in [2.05, 4.69) is 0 Å². The number of halogens is 17. The summed E-state index contributed by atoms with van der Waals surface area (Å²) < 4.78 is 240. The molecule has 0 aromatic heterocycles. The lowest BCUT2D eigenvalue weighted by molar-refractivity contribution is -0.461. The maximum Gasteiger partial charge on any atom is 0.484 e. The van der Waals surface area contributed by atoms with Gasteiger partial charge in [0.25, 0.3) is 0 Å². The second-order valence-corrected chi connectivity index (χ2v) is 8.85. The minimum Gasteiger partial charge on any atom is -0.376 e. The molecule has 0 saturated carbocycles. The van der Waals surface area contributed by atoms with Gasteiger partial charge in [0.15, 0.2) is 0 Å². The third-order valence-electron chi connectivity index (χ3n) is 4.60. The first-order valence-electron chi connectivity index (χ1n) is 9.74. The summed E-state index contributed by atoms with van der Waals surface area (Å²) in [7, 11) is -3.10. The monoisotopic (exact) mass is 610 g/mol. The molecule has 224 valence electrons. The van der Waals surface area contributed by atoms with Crippen molar-refractivity contribution in [2.45, 2.75) is 87.4 Å². The second kappa shape index (κ2) is 11.2. The molecule has 0 N–H and O–H groups in total. The van der Waals surface area contributed by atoms with Gasteiger partial charge in [-0.3, -0.25) is 0 Å². The van der Waals surface area contributed by atoms with Crippen molar-refractivity contribution in [3.05, 3.63) is 0 Å². The van der Waals surface area contributed by atoms with Gasteiger partial charge in [-0.25, -0.2) is 0 Å². The highest BCUT2D eigenvalue weighted by Gasteiger charge is 2.95. The lowest BCUT2D eigenvalue weighted by atomic mass is 9.88. The van der Waals surface area contributed by atoms with Crippen LogP contribution in [0.1, 0.15) is 33.6 Å². The van der Waals surface area contributed by atoms with E-state index in [1.807, 2.05) is 0 Å². The molecule has 3 nitrogen and oxygen atoms in total. The highest BCUT2D eigenvalue weighted by molar-refractivity contribution is 6.36. The topological polar surface area (TPSA) is 27.7 Å². The third-order valence-corrected chi connectivity index (χ3v) is 6.50.